The molecule has 1 heterocycles. The van der Waals surface area contributed by atoms with E-state index in [2.05, 4.69) is 0 Å². The Labute approximate surface area is 184 Å². The fraction of sp³-hybridized carbons (Fsp3) is 0.308. The van der Waals surface area contributed by atoms with Gasteiger partial charge in [0, 0.05) is 23.1 Å². The van der Waals surface area contributed by atoms with Gasteiger partial charge in [-0.15, -0.1) is 0 Å². The molecule has 0 fully saturated rings. The van der Waals surface area contributed by atoms with E-state index >= 15 is 4.39 Å². The first kappa shape index (κ1) is 22.2. The Balaban J connectivity index is 1.57. The van der Waals surface area contributed by atoms with Crippen LogP contribution in [0, 0.1) is 23.3 Å². The van der Waals surface area contributed by atoms with Gasteiger partial charge in [-0.2, -0.15) is 8.78 Å². The second-order valence-electron chi connectivity index (χ2n) is 8.01. The maximum Gasteiger partial charge on any atom is 0.207 e. The van der Waals surface area contributed by atoms with Crippen LogP contribution in [-0.2, 0) is 25.9 Å². The molecular weight excluding hydrogens is 420 g/mol. The lowest BCUT2D eigenvalue weighted by molar-refractivity contribution is 0.278. The molecule has 0 atom stereocenters. The van der Waals surface area contributed by atoms with E-state index in [1.807, 2.05) is 19.9 Å². The Kier molecular flexibility index (Phi) is 6.40. The van der Waals surface area contributed by atoms with Crippen LogP contribution in [0.25, 0.3) is 0 Å². The lowest BCUT2D eigenvalue weighted by Crippen LogP contribution is -2.11. The van der Waals surface area contributed by atoms with Gasteiger partial charge in [0.2, 0.25) is 11.6 Å². The van der Waals surface area contributed by atoms with Crippen LogP contribution in [-0.4, -0.2) is 0 Å². The highest BCUT2D eigenvalue weighted by Gasteiger charge is 2.28. The van der Waals surface area contributed by atoms with E-state index in [-0.39, 0.29) is 35.8 Å². The Morgan fingerprint density at radius 2 is 1.53 bits per heavy atom. The first-order valence-corrected chi connectivity index (χ1v) is 10.8. The van der Waals surface area contributed by atoms with Crippen molar-refractivity contribution in [3.63, 3.8) is 0 Å². The van der Waals surface area contributed by atoms with E-state index < -0.39 is 23.3 Å². The molecule has 0 N–H and O–H groups in total. The zero-order valence-corrected chi connectivity index (χ0v) is 18.0. The van der Waals surface area contributed by atoms with Crippen LogP contribution in [0.2, 0.25) is 0 Å². The van der Waals surface area contributed by atoms with Gasteiger partial charge in [-0.1, -0.05) is 44.9 Å². The van der Waals surface area contributed by atoms with Crippen molar-refractivity contribution in [2.45, 2.75) is 52.6 Å². The highest BCUT2D eigenvalue weighted by Crippen LogP contribution is 2.43. The first-order chi connectivity index (χ1) is 15.4. The van der Waals surface area contributed by atoms with Gasteiger partial charge >= 0.3 is 0 Å². The van der Waals surface area contributed by atoms with Gasteiger partial charge in [0.05, 0.1) is 0 Å². The van der Waals surface area contributed by atoms with Crippen LogP contribution in [0.4, 0.5) is 17.6 Å². The predicted molar refractivity (Wildman–Crippen MR) is 114 cm³/mol. The molecule has 0 bridgehead atoms. The summed E-state index contributed by atoms with van der Waals surface area (Å²) in [5.41, 5.74) is 2.44. The maximum absolute atomic E-state index is 15.1. The van der Waals surface area contributed by atoms with Crippen LogP contribution < -0.4 is 9.47 Å². The maximum atomic E-state index is 15.1. The van der Waals surface area contributed by atoms with Crippen molar-refractivity contribution in [1.29, 1.82) is 0 Å². The Bertz CT molecular complexity index is 1160. The Morgan fingerprint density at radius 1 is 0.781 bits per heavy atom. The molecule has 1 aliphatic heterocycles. The summed E-state index contributed by atoms with van der Waals surface area (Å²) in [4.78, 5) is 0. The Morgan fingerprint density at radius 3 is 2.25 bits per heavy atom. The van der Waals surface area contributed by atoms with Crippen molar-refractivity contribution < 1.29 is 27.0 Å². The van der Waals surface area contributed by atoms with Crippen LogP contribution in [0.3, 0.4) is 0 Å². The number of hydrogen-bond acceptors (Lipinski definition) is 2. The lowest BCUT2D eigenvalue weighted by Gasteiger charge is -2.23. The second kappa shape index (κ2) is 9.23. The zero-order valence-electron chi connectivity index (χ0n) is 18.0. The number of benzene rings is 3. The van der Waals surface area contributed by atoms with Gasteiger partial charge in [0.15, 0.2) is 23.1 Å². The molecule has 32 heavy (non-hydrogen) atoms. The summed E-state index contributed by atoms with van der Waals surface area (Å²) in [5, 5.41) is 0. The van der Waals surface area contributed by atoms with Crippen molar-refractivity contribution in [1.82, 2.24) is 0 Å². The van der Waals surface area contributed by atoms with E-state index in [0.717, 1.165) is 18.4 Å². The number of fused-ring (bicyclic) bond motifs is 2. The van der Waals surface area contributed by atoms with Crippen LogP contribution >= 0.6 is 0 Å². The van der Waals surface area contributed by atoms with Crippen molar-refractivity contribution in [2.24, 2.45) is 0 Å². The average Bonchev–Trinajstić information content (AvgIpc) is 2.77. The molecule has 0 aliphatic carbocycles. The van der Waals surface area contributed by atoms with Gasteiger partial charge in [0.1, 0.15) is 12.4 Å². The smallest absolute Gasteiger partial charge is 0.207 e. The van der Waals surface area contributed by atoms with Crippen molar-refractivity contribution in [2.75, 3.05) is 0 Å². The third-order valence-electron chi connectivity index (χ3n) is 5.60. The normalized spacial score (nSPS) is 12.2. The van der Waals surface area contributed by atoms with Gasteiger partial charge in [-0.25, -0.2) is 8.78 Å². The second-order valence-corrected chi connectivity index (χ2v) is 8.01. The summed E-state index contributed by atoms with van der Waals surface area (Å²) >= 11 is 0. The molecule has 0 spiro atoms. The molecule has 0 radical (unpaired) electrons. The molecule has 3 aromatic carbocycles. The molecule has 0 amide bonds. The van der Waals surface area contributed by atoms with Gasteiger partial charge in [0.25, 0.3) is 0 Å². The van der Waals surface area contributed by atoms with E-state index in [1.165, 1.54) is 12.1 Å². The van der Waals surface area contributed by atoms with E-state index in [9.17, 15) is 13.2 Å². The molecule has 0 unspecified atom stereocenters. The van der Waals surface area contributed by atoms with Crippen LogP contribution in [0.1, 0.15) is 54.5 Å². The summed E-state index contributed by atoms with van der Waals surface area (Å²) in [6.45, 7) is 3.72. The first-order valence-electron chi connectivity index (χ1n) is 10.8. The molecule has 1 aliphatic rings. The number of halogens is 4. The van der Waals surface area contributed by atoms with E-state index in [1.54, 1.807) is 18.2 Å². The van der Waals surface area contributed by atoms with Crippen LogP contribution in [0.15, 0.2) is 36.4 Å². The molecule has 168 valence electrons. The number of ether oxygens (including phenoxy) is 2. The molecule has 3 aromatic rings. The highest BCUT2D eigenvalue weighted by molar-refractivity contribution is 5.54. The fourth-order valence-electron chi connectivity index (χ4n) is 3.97. The molecule has 6 heteroatoms. The third kappa shape index (κ3) is 4.18. The van der Waals surface area contributed by atoms with Crippen molar-refractivity contribution in [3.05, 3.63) is 87.5 Å². The lowest BCUT2D eigenvalue weighted by atomic mass is 9.96. The third-order valence-corrected chi connectivity index (χ3v) is 5.60. The summed E-state index contributed by atoms with van der Waals surface area (Å²) < 4.78 is 69.3. The number of hydrogen-bond donors (Lipinski definition) is 0. The topological polar surface area (TPSA) is 18.5 Å². The Hall–Kier alpha value is -3.02. The predicted octanol–water partition coefficient (Wildman–Crippen LogP) is 7.42. The minimum Gasteiger partial charge on any atom is -0.486 e. The van der Waals surface area contributed by atoms with E-state index in [4.69, 9.17) is 9.47 Å². The SMILES string of the molecule is CCCc1ccc(COc2ccc3c(c2F)Oc2c(cc(CCC)c(F)c2F)C3)c(F)c1. The monoisotopic (exact) mass is 444 g/mol. The molecule has 0 aromatic heterocycles. The molecule has 0 saturated carbocycles. The summed E-state index contributed by atoms with van der Waals surface area (Å²) in [5.74, 6) is -3.97. The molecule has 4 rings (SSSR count). The minimum absolute atomic E-state index is 0.146. The minimum atomic E-state index is -1.11. The highest BCUT2D eigenvalue weighted by atomic mass is 19.2. The van der Waals surface area contributed by atoms with E-state index in [0.29, 0.717) is 29.5 Å². The standard InChI is InChI=1S/C26H24F4O2/c1-3-5-15-7-8-18(20(27)11-15)14-31-21-10-9-17-13-19-12-16(6-4-2)22(28)24(30)26(19)32-25(17)23(21)29/h7-12H,3-6,13-14H2,1-2H3. The molecule has 2 nitrogen and oxygen atoms in total. The summed E-state index contributed by atoms with van der Waals surface area (Å²) in [7, 11) is 0. The van der Waals surface area contributed by atoms with Gasteiger partial charge in [-0.05, 0) is 42.2 Å². The zero-order chi connectivity index (χ0) is 22.8. The summed E-state index contributed by atoms with van der Waals surface area (Å²) in [6.07, 6.45) is 2.96. The average molecular weight is 444 g/mol. The van der Waals surface area contributed by atoms with Gasteiger partial charge < -0.3 is 9.47 Å². The fourth-order valence-corrected chi connectivity index (χ4v) is 3.97. The van der Waals surface area contributed by atoms with Gasteiger partial charge in [-0.3, -0.25) is 0 Å². The number of aryl methyl sites for hydroxylation is 2. The van der Waals surface area contributed by atoms with Crippen molar-refractivity contribution in [3.8, 4) is 17.2 Å². The number of rotatable bonds is 7. The molecular formula is C26H24F4O2. The van der Waals surface area contributed by atoms with Crippen molar-refractivity contribution >= 4 is 0 Å². The summed E-state index contributed by atoms with van der Waals surface area (Å²) in [6, 6.07) is 9.54. The quantitative estimate of drug-likeness (QED) is 0.276. The largest absolute Gasteiger partial charge is 0.486 e. The van der Waals surface area contributed by atoms with Crippen LogP contribution in [0.5, 0.6) is 17.2 Å². The molecule has 0 saturated heterocycles.